The van der Waals surface area contributed by atoms with E-state index in [1.165, 1.54) is 0 Å². The van der Waals surface area contributed by atoms with E-state index in [0.29, 0.717) is 6.42 Å². The van der Waals surface area contributed by atoms with Gasteiger partial charge < -0.3 is 10.4 Å². The molecule has 0 saturated carbocycles. The second-order valence-electron chi connectivity index (χ2n) is 4.02. The molecule has 1 aromatic carbocycles. The lowest BCUT2D eigenvalue weighted by Gasteiger charge is -2.17. The second-order valence-corrected chi connectivity index (χ2v) is 4.02. The SMILES string of the molecule is O=C(O)C[C@@H]1CC(=O)N[C@H]1c1ccccc1. The summed E-state index contributed by atoms with van der Waals surface area (Å²) in [5.74, 6) is -1.07. The number of aliphatic carboxylic acids is 1. The summed E-state index contributed by atoms with van der Waals surface area (Å²) in [6.07, 6.45) is 0.324. The third-order valence-corrected chi connectivity index (χ3v) is 2.83. The van der Waals surface area contributed by atoms with Crippen molar-refractivity contribution in [2.45, 2.75) is 18.9 Å². The number of rotatable bonds is 3. The molecule has 1 amide bonds. The van der Waals surface area contributed by atoms with Gasteiger partial charge in [-0.05, 0) is 5.56 Å². The summed E-state index contributed by atoms with van der Waals surface area (Å²) in [6.45, 7) is 0. The van der Waals surface area contributed by atoms with Crippen LogP contribution < -0.4 is 5.32 Å². The number of amides is 1. The van der Waals surface area contributed by atoms with Gasteiger partial charge in [-0.25, -0.2) is 0 Å². The summed E-state index contributed by atoms with van der Waals surface area (Å²) in [4.78, 5) is 22.0. The van der Waals surface area contributed by atoms with Crippen LogP contribution in [0.5, 0.6) is 0 Å². The number of carbonyl (C=O) groups excluding carboxylic acids is 1. The van der Waals surface area contributed by atoms with Gasteiger partial charge in [-0.15, -0.1) is 0 Å². The first-order chi connectivity index (χ1) is 7.66. The molecule has 16 heavy (non-hydrogen) atoms. The lowest BCUT2D eigenvalue weighted by molar-refractivity contribution is -0.138. The largest absolute Gasteiger partial charge is 0.481 e. The number of nitrogens with one attached hydrogen (secondary N) is 1. The molecule has 4 nitrogen and oxygen atoms in total. The Bertz CT molecular complexity index is 402. The smallest absolute Gasteiger partial charge is 0.303 e. The topological polar surface area (TPSA) is 66.4 Å². The summed E-state index contributed by atoms with van der Waals surface area (Å²) in [5, 5.41) is 11.6. The van der Waals surface area contributed by atoms with Crippen molar-refractivity contribution in [2.75, 3.05) is 0 Å². The molecular formula is C12H13NO3. The highest BCUT2D eigenvalue weighted by Crippen LogP contribution is 2.32. The molecule has 1 aromatic rings. The van der Waals surface area contributed by atoms with Gasteiger partial charge in [0.2, 0.25) is 5.91 Å². The Kier molecular flexibility index (Phi) is 2.90. The van der Waals surface area contributed by atoms with Crippen LogP contribution in [-0.2, 0) is 9.59 Å². The van der Waals surface area contributed by atoms with Crippen molar-refractivity contribution in [2.24, 2.45) is 5.92 Å². The molecule has 2 atom stereocenters. The van der Waals surface area contributed by atoms with Gasteiger partial charge in [-0.3, -0.25) is 9.59 Å². The third-order valence-electron chi connectivity index (χ3n) is 2.83. The molecule has 1 fully saturated rings. The zero-order valence-corrected chi connectivity index (χ0v) is 8.72. The lowest BCUT2D eigenvalue weighted by atomic mass is 9.91. The highest BCUT2D eigenvalue weighted by atomic mass is 16.4. The third kappa shape index (κ3) is 2.21. The molecular weight excluding hydrogens is 206 g/mol. The van der Waals surface area contributed by atoms with Crippen LogP contribution in [0.25, 0.3) is 0 Å². The average molecular weight is 219 g/mol. The first-order valence-corrected chi connectivity index (χ1v) is 5.23. The van der Waals surface area contributed by atoms with Crippen LogP contribution in [0.3, 0.4) is 0 Å². The summed E-state index contributed by atoms with van der Waals surface area (Å²) >= 11 is 0. The van der Waals surface area contributed by atoms with Gasteiger partial charge in [0.1, 0.15) is 0 Å². The van der Waals surface area contributed by atoms with E-state index in [4.69, 9.17) is 5.11 Å². The minimum atomic E-state index is -0.859. The van der Waals surface area contributed by atoms with Gasteiger partial charge in [0, 0.05) is 12.3 Å². The Morgan fingerprint density at radius 1 is 1.38 bits per heavy atom. The molecule has 4 heteroatoms. The maximum Gasteiger partial charge on any atom is 0.303 e. The van der Waals surface area contributed by atoms with E-state index < -0.39 is 5.97 Å². The molecule has 0 spiro atoms. The van der Waals surface area contributed by atoms with Crippen molar-refractivity contribution in [1.29, 1.82) is 0 Å². The van der Waals surface area contributed by atoms with Crippen LogP contribution >= 0.6 is 0 Å². The minimum absolute atomic E-state index is 0.0261. The Balaban J connectivity index is 2.19. The van der Waals surface area contributed by atoms with Crippen LogP contribution in [0.4, 0.5) is 0 Å². The number of carboxylic acids is 1. The molecule has 0 aliphatic carbocycles. The highest BCUT2D eigenvalue weighted by molar-refractivity contribution is 5.80. The van der Waals surface area contributed by atoms with Crippen molar-refractivity contribution in [1.82, 2.24) is 5.32 Å². The molecule has 2 rings (SSSR count). The number of carbonyl (C=O) groups is 2. The van der Waals surface area contributed by atoms with E-state index >= 15 is 0 Å². The number of benzene rings is 1. The molecule has 0 unspecified atom stereocenters. The molecule has 1 aliphatic heterocycles. The Hall–Kier alpha value is -1.84. The number of hydrogen-bond acceptors (Lipinski definition) is 2. The van der Waals surface area contributed by atoms with Gasteiger partial charge in [-0.2, -0.15) is 0 Å². The summed E-state index contributed by atoms with van der Waals surface area (Å²) in [5.41, 5.74) is 0.972. The summed E-state index contributed by atoms with van der Waals surface area (Å²) in [7, 11) is 0. The van der Waals surface area contributed by atoms with Gasteiger partial charge >= 0.3 is 5.97 Å². The molecule has 1 saturated heterocycles. The Morgan fingerprint density at radius 3 is 2.69 bits per heavy atom. The maximum atomic E-state index is 11.3. The van der Waals surface area contributed by atoms with Crippen molar-refractivity contribution < 1.29 is 14.7 Å². The van der Waals surface area contributed by atoms with Crippen molar-refractivity contribution in [3.63, 3.8) is 0 Å². The van der Waals surface area contributed by atoms with Crippen molar-refractivity contribution in [3.8, 4) is 0 Å². The molecule has 2 N–H and O–H groups in total. The summed E-state index contributed by atoms with van der Waals surface area (Å²) in [6, 6.07) is 9.32. The molecule has 1 heterocycles. The standard InChI is InChI=1S/C12H13NO3/c14-10-6-9(7-11(15)16)12(13-10)8-4-2-1-3-5-8/h1-5,9,12H,6-7H2,(H,13,14)(H,15,16)/t9-,12-/m0/s1. The molecule has 0 bridgehead atoms. The fourth-order valence-corrected chi connectivity index (χ4v) is 2.14. The molecule has 1 aliphatic rings. The van der Waals surface area contributed by atoms with Crippen LogP contribution in [-0.4, -0.2) is 17.0 Å². The number of carboxylic acid groups (broad SMARTS) is 1. The van der Waals surface area contributed by atoms with E-state index in [-0.39, 0.29) is 24.3 Å². The quantitative estimate of drug-likeness (QED) is 0.806. The fraction of sp³-hybridized carbons (Fsp3) is 0.333. The molecule has 0 radical (unpaired) electrons. The normalized spacial score (nSPS) is 24.1. The van der Waals surface area contributed by atoms with Gasteiger partial charge in [0.25, 0.3) is 0 Å². The van der Waals surface area contributed by atoms with E-state index in [1.54, 1.807) is 0 Å². The van der Waals surface area contributed by atoms with Gasteiger partial charge in [0.05, 0.1) is 12.5 Å². The zero-order chi connectivity index (χ0) is 11.5. The summed E-state index contributed by atoms with van der Waals surface area (Å²) < 4.78 is 0. The van der Waals surface area contributed by atoms with Gasteiger partial charge in [-0.1, -0.05) is 30.3 Å². The van der Waals surface area contributed by atoms with Crippen LogP contribution in [0.2, 0.25) is 0 Å². The predicted octanol–water partition coefficient (Wildman–Crippen LogP) is 1.34. The van der Waals surface area contributed by atoms with E-state index in [2.05, 4.69) is 5.32 Å². The minimum Gasteiger partial charge on any atom is -0.481 e. The maximum absolute atomic E-state index is 11.3. The molecule has 0 aromatic heterocycles. The second kappa shape index (κ2) is 4.35. The van der Waals surface area contributed by atoms with Crippen LogP contribution in [0.15, 0.2) is 30.3 Å². The molecule has 84 valence electrons. The van der Waals surface area contributed by atoms with Crippen LogP contribution in [0, 0.1) is 5.92 Å². The monoisotopic (exact) mass is 219 g/mol. The van der Waals surface area contributed by atoms with Gasteiger partial charge in [0.15, 0.2) is 0 Å². The lowest BCUT2D eigenvalue weighted by Crippen LogP contribution is -2.21. The van der Waals surface area contributed by atoms with Crippen molar-refractivity contribution in [3.05, 3.63) is 35.9 Å². The fourth-order valence-electron chi connectivity index (χ4n) is 2.14. The Labute approximate surface area is 93.3 Å². The van der Waals surface area contributed by atoms with Crippen molar-refractivity contribution >= 4 is 11.9 Å². The zero-order valence-electron chi connectivity index (χ0n) is 8.72. The highest BCUT2D eigenvalue weighted by Gasteiger charge is 2.34. The van der Waals surface area contributed by atoms with E-state index in [9.17, 15) is 9.59 Å². The van der Waals surface area contributed by atoms with E-state index in [1.807, 2.05) is 30.3 Å². The predicted molar refractivity (Wildman–Crippen MR) is 57.7 cm³/mol. The first kappa shape index (κ1) is 10.7. The van der Waals surface area contributed by atoms with E-state index in [0.717, 1.165) is 5.56 Å². The van der Waals surface area contributed by atoms with Crippen LogP contribution in [0.1, 0.15) is 24.4 Å². The first-order valence-electron chi connectivity index (χ1n) is 5.23. The average Bonchev–Trinajstić information content (AvgIpc) is 2.60. The number of hydrogen-bond donors (Lipinski definition) is 2. The Morgan fingerprint density at radius 2 is 2.06 bits per heavy atom.